The number of rotatable bonds is 4. The Morgan fingerprint density at radius 3 is 1.11 bits per heavy atom. The van der Waals surface area contributed by atoms with Crippen molar-refractivity contribution in [3.05, 3.63) is 101 Å². The van der Waals surface area contributed by atoms with E-state index in [0.29, 0.717) is 21.2 Å². The van der Waals surface area contributed by atoms with Crippen LogP contribution in [0.5, 0.6) is 0 Å². The maximum absolute atomic E-state index is 14.1. The van der Waals surface area contributed by atoms with Crippen LogP contribution >= 0.6 is 92.8 Å². The minimum Gasteiger partial charge on any atom is -0.218 e. The molecular formula is C24H10Cl8O2S. The van der Waals surface area contributed by atoms with E-state index in [4.69, 9.17) is 92.8 Å². The van der Waals surface area contributed by atoms with Crippen LogP contribution in [-0.2, 0) is 9.84 Å². The van der Waals surface area contributed by atoms with Crippen LogP contribution in [0.1, 0.15) is 0 Å². The summed E-state index contributed by atoms with van der Waals surface area (Å²) >= 11 is 49.8. The van der Waals surface area contributed by atoms with Crippen molar-refractivity contribution in [2.24, 2.45) is 0 Å². The van der Waals surface area contributed by atoms with Gasteiger partial charge < -0.3 is 0 Å². The molecule has 0 spiro atoms. The Morgan fingerprint density at radius 2 is 0.743 bits per heavy atom. The van der Waals surface area contributed by atoms with Gasteiger partial charge in [0.15, 0.2) is 0 Å². The van der Waals surface area contributed by atoms with E-state index in [0.717, 1.165) is 0 Å². The van der Waals surface area contributed by atoms with Crippen molar-refractivity contribution >= 4 is 103 Å². The van der Waals surface area contributed by atoms with Crippen molar-refractivity contribution in [3.63, 3.8) is 0 Å². The second-order valence-corrected chi connectivity index (χ2v) is 12.5. The summed E-state index contributed by atoms with van der Waals surface area (Å²) in [7, 11) is -4.20. The molecule has 0 saturated heterocycles. The Hall–Kier alpha value is -0.850. The Kier molecular flexibility index (Phi) is 8.15. The van der Waals surface area contributed by atoms with Gasteiger partial charge >= 0.3 is 0 Å². The molecule has 0 saturated carbocycles. The summed E-state index contributed by atoms with van der Waals surface area (Å²) in [5.41, 5.74) is 1.15. The first kappa shape index (κ1) is 27.2. The lowest BCUT2D eigenvalue weighted by Gasteiger charge is -2.17. The van der Waals surface area contributed by atoms with E-state index in [1.54, 1.807) is 0 Å². The van der Waals surface area contributed by atoms with Gasteiger partial charge in [-0.25, -0.2) is 8.42 Å². The summed E-state index contributed by atoms with van der Waals surface area (Å²) in [6.45, 7) is 0. The topological polar surface area (TPSA) is 34.1 Å². The SMILES string of the molecule is O=S(=O)(c1ccc(Cl)cc1-c1cc(Cl)c(Cl)cc1Cl)c1ccc(Cl)cc1-c1cc(Cl)c(Cl)cc1Cl. The molecule has 4 aromatic rings. The minimum absolute atomic E-state index is 0.0676. The van der Waals surface area contributed by atoms with Crippen LogP contribution in [0.2, 0.25) is 40.2 Å². The van der Waals surface area contributed by atoms with Crippen LogP contribution in [0.4, 0.5) is 0 Å². The van der Waals surface area contributed by atoms with Gasteiger partial charge in [-0.2, -0.15) is 0 Å². The molecule has 0 aromatic heterocycles. The van der Waals surface area contributed by atoms with Crippen molar-refractivity contribution in [2.45, 2.75) is 9.79 Å². The molecule has 0 atom stereocenters. The first-order valence-electron chi connectivity index (χ1n) is 9.54. The summed E-state index contributed by atoms with van der Waals surface area (Å²) < 4.78 is 28.2. The predicted molar refractivity (Wildman–Crippen MR) is 149 cm³/mol. The molecule has 0 fully saturated rings. The van der Waals surface area contributed by atoms with E-state index in [2.05, 4.69) is 0 Å². The molecule has 4 rings (SSSR count). The molecule has 0 bridgehead atoms. The molecule has 180 valence electrons. The van der Waals surface area contributed by atoms with E-state index >= 15 is 0 Å². The van der Waals surface area contributed by atoms with Crippen molar-refractivity contribution in [1.29, 1.82) is 0 Å². The number of benzene rings is 4. The van der Waals surface area contributed by atoms with Gasteiger partial charge in [-0.15, -0.1) is 0 Å². The number of halogens is 8. The fourth-order valence-electron chi connectivity index (χ4n) is 3.47. The number of hydrogen-bond acceptors (Lipinski definition) is 2. The molecule has 0 aliphatic carbocycles. The fourth-order valence-corrected chi connectivity index (χ4v) is 6.76. The fraction of sp³-hybridized carbons (Fsp3) is 0. The Bertz CT molecular complexity index is 1490. The highest BCUT2D eigenvalue weighted by Crippen LogP contribution is 2.44. The Labute approximate surface area is 242 Å². The van der Waals surface area contributed by atoms with Gasteiger partial charge in [-0.1, -0.05) is 92.8 Å². The van der Waals surface area contributed by atoms with E-state index in [9.17, 15) is 8.42 Å². The molecule has 0 aliphatic heterocycles. The third-order valence-corrected chi connectivity index (χ3v) is 9.47. The predicted octanol–water partition coefficient (Wildman–Crippen LogP) is 11.1. The molecule has 0 aliphatic rings. The third-order valence-electron chi connectivity index (χ3n) is 5.06. The number of hydrogen-bond donors (Lipinski definition) is 0. The normalized spacial score (nSPS) is 11.7. The van der Waals surface area contributed by atoms with Gasteiger partial charge in [0.25, 0.3) is 0 Å². The molecule has 11 heteroatoms. The summed E-state index contributed by atoms with van der Waals surface area (Å²) in [5, 5.41) is 1.83. The summed E-state index contributed by atoms with van der Waals surface area (Å²) in [6.07, 6.45) is 0. The van der Waals surface area contributed by atoms with Gasteiger partial charge in [0, 0.05) is 32.3 Å². The summed E-state index contributed by atoms with van der Waals surface area (Å²) in [6, 6.07) is 14.5. The molecular weight excluding hydrogens is 636 g/mol. The van der Waals surface area contributed by atoms with Gasteiger partial charge in [-0.05, 0) is 60.7 Å². The van der Waals surface area contributed by atoms with Crippen LogP contribution in [0.25, 0.3) is 22.3 Å². The molecule has 0 unspecified atom stereocenters. The summed E-state index contributed by atoms with van der Waals surface area (Å²) in [4.78, 5) is -0.135. The van der Waals surface area contributed by atoms with Crippen LogP contribution in [0.15, 0.2) is 70.5 Å². The van der Waals surface area contributed by atoms with Crippen molar-refractivity contribution in [1.82, 2.24) is 0 Å². The Balaban J connectivity index is 2.02. The standard InChI is InChI=1S/C24H10Cl8O2S/c25-11-1-3-23(15(5-11)13-7-19(29)21(31)9-17(13)27)35(33,34)24-4-2-12(26)6-16(24)14-8-20(30)22(32)10-18(14)28/h1-10H. The second kappa shape index (κ2) is 10.5. The van der Waals surface area contributed by atoms with Crippen LogP contribution in [0, 0.1) is 0 Å². The zero-order valence-electron chi connectivity index (χ0n) is 17.0. The lowest BCUT2D eigenvalue weighted by molar-refractivity contribution is 0.596. The molecule has 0 N–H and O–H groups in total. The highest BCUT2D eigenvalue weighted by Gasteiger charge is 2.28. The monoisotopic (exact) mass is 642 g/mol. The number of sulfone groups is 1. The highest BCUT2D eigenvalue weighted by atomic mass is 35.5. The lowest BCUT2D eigenvalue weighted by Crippen LogP contribution is -2.06. The quantitative estimate of drug-likeness (QED) is 0.207. The first-order chi connectivity index (χ1) is 16.4. The van der Waals surface area contributed by atoms with Gasteiger partial charge in [-0.3, -0.25) is 0 Å². The van der Waals surface area contributed by atoms with E-state index in [1.165, 1.54) is 60.7 Å². The molecule has 0 heterocycles. The average Bonchev–Trinajstić information content (AvgIpc) is 2.78. The smallest absolute Gasteiger partial charge is 0.207 e. The maximum Gasteiger partial charge on any atom is 0.207 e. The van der Waals surface area contributed by atoms with Gasteiger partial charge in [0.1, 0.15) is 0 Å². The highest BCUT2D eigenvalue weighted by molar-refractivity contribution is 7.91. The van der Waals surface area contributed by atoms with Crippen LogP contribution in [0.3, 0.4) is 0 Å². The largest absolute Gasteiger partial charge is 0.218 e. The van der Waals surface area contributed by atoms with Gasteiger partial charge in [0.05, 0.1) is 39.9 Å². The molecule has 0 amide bonds. The zero-order chi connectivity index (χ0) is 25.7. The van der Waals surface area contributed by atoms with Gasteiger partial charge in [0.2, 0.25) is 9.84 Å². The van der Waals surface area contributed by atoms with Crippen molar-refractivity contribution < 1.29 is 8.42 Å². The second-order valence-electron chi connectivity index (χ2n) is 7.28. The molecule has 4 aromatic carbocycles. The minimum atomic E-state index is -4.20. The zero-order valence-corrected chi connectivity index (χ0v) is 23.9. The average molecular weight is 646 g/mol. The summed E-state index contributed by atoms with van der Waals surface area (Å²) in [5.74, 6) is 0. The van der Waals surface area contributed by atoms with Crippen LogP contribution < -0.4 is 0 Å². The van der Waals surface area contributed by atoms with Crippen molar-refractivity contribution in [2.75, 3.05) is 0 Å². The molecule has 35 heavy (non-hydrogen) atoms. The maximum atomic E-state index is 14.1. The third kappa shape index (κ3) is 5.40. The van der Waals surface area contributed by atoms with Crippen molar-refractivity contribution in [3.8, 4) is 22.3 Å². The Morgan fingerprint density at radius 1 is 0.400 bits per heavy atom. The first-order valence-corrected chi connectivity index (χ1v) is 14.0. The van der Waals surface area contributed by atoms with E-state index < -0.39 is 9.84 Å². The van der Waals surface area contributed by atoms with E-state index in [1.807, 2.05) is 0 Å². The lowest BCUT2D eigenvalue weighted by atomic mass is 10.1. The molecule has 2 nitrogen and oxygen atoms in total. The molecule has 0 radical (unpaired) electrons. The van der Waals surface area contributed by atoms with Crippen LogP contribution in [-0.4, -0.2) is 8.42 Å². The van der Waals surface area contributed by atoms with E-state index in [-0.39, 0.29) is 51.1 Å².